The zero-order valence-electron chi connectivity index (χ0n) is 25.3. The number of hydrogen-bond donors (Lipinski definition) is 2. The molecule has 0 aromatic heterocycles. The van der Waals surface area contributed by atoms with Crippen LogP contribution in [0.4, 0.5) is 0 Å². The van der Waals surface area contributed by atoms with E-state index in [-0.39, 0.29) is 69.1 Å². The standard InChI is InChI=1S/C33H51NO5/c1-28(2)23-8-12-33(7)26(31(23,5)11-9-24(28)39-25(36)10-17-34)22(35)18-20-21-19-30(4,27(37)38)14-13-29(21,3)15-16-32(20,33)6/h18,21,23-24,26H,8-17,19,34H2,1-7H3,(H,37,38)/t21-,23-,24-,26+,29+,30-,31-,32+,33+/m0/s1. The summed E-state index contributed by atoms with van der Waals surface area (Å²) in [6.07, 6.45) is 10.1. The number of rotatable bonds is 4. The van der Waals surface area contributed by atoms with Crippen molar-refractivity contribution in [3.63, 3.8) is 0 Å². The van der Waals surface area contributed by atoms with E-state index < -0.39 is 11.4 Å². The van der Waals surface area contributed by atoms with E-state index in [9.17, 15) is 19.5 Å². The Hall–Kier alpha value is -1.69. The molecule has 0 amide bonds. The number of carboxylic acid groups (broad SMARTS) is 1. The van der Waals surface area contributed by atoms with Crippen molar-refractivity contribution in [1.29, 1.82) is 0 Å². The van der Waals surface area contributed by atoms with E-state index in [1.807, 2.05) is 13.0 Å². The Bertz CT molecular complexity index is 1110. The van der Waals surface area contributed by atoms with E-state index in [1.54, 1.807) is 0 Å². The highest BCUT2D eigenvalue weighted by molar-refractivity contribution is 5.95. The number of carbonyl (C=O) groups is 3. The number of esters is 1. The molecule has 218 valence electrons. The van der Waals surface area contributed by atoms with Gasteiger partial charge in [0, 0.05) is 17.9 Å². The van der Waals surface area contributed by atoms with Crippen molar-refractivity contribution in [3.8, 4) is 0 Å². The van der Waals surface area contributed by atoms with Crippen molar-refractivity contribution in [2.75, 3.05) is 6.54 Å². The zero-order valence-corrected chi connectivity index (χ0v) is 25.3. The summed E-state index contributed by atoms with van der Waals surface area (Å²) < 4.78 is 5.98. The molecule has 39 heavy (non-hydrogen) atoms. The highest BCUT2D eigenvalue weighted by Crippen LogP contribution is 2.75. The fraction of sp³-hybridized carbons (Fsp3) is 0.848. The summed E-state index contributed by atoms with van der Waals surface area (Å²) in [6.45, 7) is 16.1. The molecule has 5 aliphatic rings. The molecular formula is C33H51NO5. The number of hydrogen-bond acceptors (Lipinski definition) is 5. The number of carbonyl (C=O) groups excluding carboxylic acids is 2. The lowest BCUT2D eigenvalue weighted by atomic mass is 9.33. The molecule has 0 saturated heterocycles. The first-order valence-electron chi connectivity index (χ1n) is 15.4. The second kappa shape index (κ2) is 8.90. The Morgan fingerprint density at radius 3 is 2.28 bits per heavy atom. The molecule has 0 spiro atoms. The minimum Gasteiger partial charge on any atom is -0.481 e. The predicted octanol–water partition coefficient (Wildman–Crippen LogP) is 6.31. The van der Waals surface area contributed by atoms with E-state index in [0.717, 1.165) is 44.9 Å². The average Bonchev–Trinajstić information content (AvgIpc) is 2.83. The minimum absolute atomic E-state index is 0.0539. The number of allylic oxidation sites excluding steroid dienone is 2. The molecule has 4 saturated carbocycles. The van der Waals surface area contributed by atoms with Crippen LogP contribution in [0, 0.1) is 50.2 Å². The van der Waals surface area contributed by atoms with E-state index in [4.69, 9.17) is 10.5 Å². The van der Waals surface area contributed by atoms with Gasteiger partial charge in [-0.25, -0.2) is 0 Å². The van der Waals surface area contributed by atoms with Gasteiger partial charge < -0.3 is 15.6 Å². The predicted molar refractivity (Wildman–Crippen MR) is 151 cm³/mol. The molecule has 6 nitrogen and oxygen atoms in total. The first-order valence-corrected chi connectivity index (χ1v) is 15.4. The van der Waals surface area contributed by atoms with E-state index in [0.29, 0.717) is 19.4 Å². The molecule has 0 aromatic carbocycles. The maximum absolute atomic E-state index is 14.4. The first-order chi connectivity index (χ1) is 18.0. The Balaban J connectivity index is 1.53. The van der Waals surface area contributed by atoms with Gasteiger partial charge in [-0.3, -0.25) is 14.4 Å². The van der Waals surface area contributed by atoms with Crippen LogP contribution in [-0.2, 0) is 19.1 Å². The third kappa shape index (κ3) is 3.85. The quantitative estimate of drug-likeness (QED) is 0.404. The summed E-state index contributed by atoms with van der Waals surface area (Å²) in [7, 11) is 0. The molecule has 0 aromatic rings. The van der Waals surface area contributed by atoms with Gasteiger partial charge in [0.1, 0.15) is 6.10 Å². The normalized spacial score (nSPS) is 48.5. The van der Waals surface area contributed by atoms with Crippen molar-refractivity contribution in [2.45, 2.75) is 119 Å². The molecule has 0 bridgehead atoms. The Kier molecular flexibility index (Phi) is 6.58. The second-order valence-corrected chi connectivity index (χ2v) is 15.9. The number of ether oxygens (including phenoxy) is 1. The third-order valence-electron chi connectivity index (χ3n) is 13.7. The summed E-state index contributed by atoms with van der Waals surface area (Å²) in [6, 6.07) is 0. The van der Waals surface area contributed by atoms with Crippen molar-refractivity contribution < 1.29 is 24.2 Å². The van der Waals surface area contributed by atoms with Crippen LogP contribution in [0.2, 0.25) is 0 Å². The fourth-order valence-electron chi connectivity index (χ4n) is 10.9. The van der Waals surface area contributed by atoms with Crippen LogP contribution in [0.3, 0.4) is 0 Å². The van der Waals surface area contributed by atoms with Gasteiger partial charge >= 0.3 is 11.9 Å². The number of carboxylic acids is 1. The van der Waals surface area contributed by atoms with E-state index in [2.05, 4.69) is 41.5 Å². The topological polar surface area (TPSA) is 107 Å². The Labute approximate surface area is 234 Å². The molecule has 4 fully saturated rings. The maximum Gasteiger partial charge on any atom is 0.309 e. The van der Waals surface area contributed by atoms with Crippen LogP contribution in [0.25, 0.3) is 0 Å². The molecular weight excluding hydrogens is 490 g/mol. The lowest BCUT2D eigenvalue weighted by molar-refractivity contribution is -0.211. The second-order valence-electron chi connectivity index (χ2n) is 15.9. The lowest BCUT2D eigenvalue weighted by Gasteiger charge is -2.70. The van der Waals surface area contributed by atoms with Crippen molar-refractivity contribution in [1.82, 2.24) is 0 Å². The van der Waals surface area contributed by atoms with E-state index in [1.165, 1.54) is 5.57 Å². The summed E-state index contributed by atoms with van der Waals surface area (Å²) in [5.74, 6) is -0.362. The van der Waals surface area contributed by atoms with Gasteiger partial charge in [-0.05, 0) is 104 Å². The van der Waals surface area contributed by atoms with Crippen LogP contribution in [0.1, 0.15) is 113 Å². The van der Waals surface area contributed by atoms with Gasteiger partial charge in [0.15, 0.2) is 5.78 Å². The smallest absolute Gasteiger partial charge is 0.309 e. The van der Waals surface area contributed by atoms with Gasteiger partial charge in [0.25, 0.3) is 0 Å². The number of nitrogens with two attached hydrogens (primary N) is 1. The highest BCUT2D eigenvalue weighted by Gasteiger charge is 2.70. The van der Waals surface area contributed by atoms with Gasteiger partial charge in [-0.2, -0.15) is 0 Å². The van der Waals surface area contributed by atoms with Crippen LogP contribution in [-0.4, -0.2) is 35.5 Å². The first kappa shape index (κ1) is 28.8. The Morgan fingerprint density at radius 2 is 1.64 bits per heavy atom. The average molecular weight is 542 g/mol. The number of aliphatic carboxylic acids is 1. The lowest BCUT2D eigenvalue weighted by Crippen LogP contribution is -2.66. The largest absolute Gasteiger partial charge is 0.481 e. The summed E-state index contributed by atoms with van der Waals surface area (Å²) in [4.78, 5) is 39.1. The zero-order chi connectivity index (χ0) is 28.8. The van der Waals surface area contributed by atoms with Crippen LogP contribution >= 0.6 is 0 Å². The van der Waals surface area contributed by atoms with E-state index >= 15 is 0 Å². The Morgan fingerprint density at radius 1 is 0.974 bits per heavy atom. The van der Waals surface area contributed by atoms with Crippen molar-refractivity contribution >= 4 is 17.7 Å². The fourth-order valence-corrected chi connectivity index (χ4v) is 10.9. The molecule has 3 N–H and O–H groups in total. The molecule has 9 atom stereocenters. The van der Waals surface area contributed by atoms with Gasteiger partial charge in [-0.1, -0.05) is 47.1 Å². The number of ketones is 1. The molecule has 0 unspecified atom stereocenters. The van der Waals surface area contributed by atoms with Gasteiger partial charge in [0.05, 0.1) is 11.8 Å². The van der Waals surface area contributed by atoms with Crippen LogP contribution < -0.4 is 5.73 Å². The third-order valence-corrected chi connectivity index (χ3v) is 13.7. The number of fused-ring (bicyclic) bond motifs is 7. The molecule has 0 heterocycles. The highest BCUT2D eigenvalue weighted by atomic mass is 16.5. The van der Waals surface area contributed by atoms with Gasteiger partial charge in [-0.15, -0.1) is 0 Å². The molecule has 5 rings (SSSR count). The minimum atomic E-state index is -0.739. The van der Waals surface area contributed by atoms with Crippen molar-refractivity contribution in [3.05, 3.63) is 11.6 Å². The maximum atomic E-state index is 14.4. The molecule has 0 radical (unpaired) electrons. The molecule has 5 aliphatic carbocycles. The SMILES string of the molecule is CC1(C)[C@@H](OC(=O)CCN)CC[C@]2(C)[C@H]3C(=O)C=C4[C@@H]5C[C@@](C)(C(=O)O)CC[C@]5(C)CC[C@@]4(C)[C@]3(C)CC[C@@H]12. The summed E-state index contributed by atoms with van der Waals surface area (Å²) >= 11 is 0. The summed E-state index contributed by atoms with van der Waals surface area (Å²) in [5, 5.41) is 10.1. The molecule has 0 aliphatic heterocycles. The summed E-state index contributed by atoms with van der Waals surface area (Å²) in [5.41, 5.74) is 5.44. The molecule has 6 heteroatoms. The monoisotopic (exact) mass is 541 g/mol. The van der Waals surface area contributed by atoms with Crippen LogP contribution in [0.15, 0.2) is 11.6 Å². The van der Waals surface area contributed by atoms with Crippen LogP contribution in [0.5, 0.6) is 0 Å². The van der Waals surface area contributed by atoms with Crippen molar-refractivity contribution in [2.24, 2.45) is 56.0 Å². The van der Waals surface area contributed by atoms with Gasteiger partial charge in [0.2, 0.25) is 0 Å².